The molecule has 0 spiro atoms. The Morgan fingerprint density at radius 3 is 2.97 bits per heavy atom. The minimum Gasteiger partial charge on any atom is -0.351 e. The fourth-order valence-corrected chi connectivity index (χ4v) is 4.92. The van der Waals surface area contributed by atoms with E-state index in [1.54, 1.807) is 19.1 Å². The first-order valence-corrected chi connectivity index (χ1v) is 11.0. The molecule has 0 atom stereocenters. The van der Waals surface area contributed by atoms with Gasteiger partial charge in [-0.05, 0) is 62.3 Å². The number of rotatable bonds is 6. The minimum atomic E-state index is -0.343. The van der Waals surface area contributed by atoms with Crippen LogP contribution in [0.2, 0.25) is 0 Å². The number of aryl methyl sites for hydroxylation is 1. The predicted octanol–water partition coefficient (Wildman–Crippen LogP) is 4.57. The van der Waals surface area contributed by atoms with Gasteiger partial charge in [-0.3, -0.25) is 14.2 Å². The summed E-state index contributed by atoms with van der Waals surface area (Å²) in [5, 5.41) is 3.44. The molecule has 30 heavy (non-hydrogen) atoms. The van der Waals surface area contributed by atoms with Gasteiger partial charge >= 0.3 is 0 Å². The molecule has 1 aliphatic rings. The highest BCUT2D eigenvalue weighted by atomic mass is 32.1. The summed E-state index contributed by atoms with van der Waals surface area (Å²) in [5.74, 6) is -0.507. The van der Waals surface area contributed by atoms with Gasteiger partial charge in [0, 0.05) is 6.54 Å². The molecule has 0 fully saturated rings. The van der Waals surface area contributed by atoms with Gasteiger partial charge in [0.1, 0.15) is 10.6 Å². The average Bonchev–Trinajstić information content (AvgIpc) is 3.08. The van der Waals surface area contributed by atoms with Crippen LogP contribution in [0, 0.1) is 12.7 Å². The van der Waals surface area contributed by atoms with Crippen LogP contribution in [-0.2, 0) is 6.54 Å². The molecule has 156 valence electrons. The first-order chi connectivity index (χ1) is 14.5. The van der Waals surface area contributed by atoms with Crippen molar-refractivity contribution in [3.8, 4) is 0 Å². The zero-order valence-corrected chi connectivity index (χ0v) is 17.7. The highest BCUT2D eigenvalue weighted by Crippen LogP contribution is 2.27. The molecule has 0 saturated carbocycles. The second-order valence-electron chi connectivity index (χ2n) is 7.66. The molecule has 0 saturated heterocycles. The Bertz CT molecular complexity index is 1180. The van der Waals surface area contributed by atoms with Crippen LogP contribution in [0.4, 0.5) is 4.39 Å². The molecular formula is C23H24FN3O2S. The quantitative estimate of drug-likeness (QED) is 0.588. The number of aromatic nitrogens is 2. The molecule has 7 heteroatoms. The van der Waals surface area contributed by atoms with Crippen molar-refractivity contribution in [2.45, 2.75) is 45.6 Å². The lowest BCUT2D eigenvalue weighted by atomic mass is 9.97. The van der Waals surface area contributed by atoms with Gasteiger partial charge in [0.2, 0.25) is 0 Å². The van der Waals surface area contributed by atoms with Crippen molar-refractivity contribution < 1.29 is 9.18 Å². The number of hydrogen-bond acceptors (Lipinski definition) is 4. The van der Waals surface area contributed by atoms with Gasteiger partial charge in [0.05, 0.1) is 23.1 Å². The zero-order chi connectivity index (χ0) is 21.1. The number of halogens is 1. The zero-order valence-electron chi connectivity index (χ0n) is 16.9. The lowest BCUT2D eigenvalue weighted by molar-refractivity contribution is 0.0957. The molecule has 1 N–H and O–H groups in total. The summed E-state index contributed by atoms with van der Waals surface area (Å²) in [5.41, 5.74) is 2.53. The number of nitrogens with one attached hydrogen (secondary N) is 1. The number of thiophene rings is 1. The molecule has 5 nitrogen and oxygen atoms in total. The largest absolute Gasteiger partial charge is 0.351 e. The van der Waals surface area contributed by atoms with Crippen LogP contribution < -0.4 is 10.9 Å². The average molecular weight is 426 g/mol. The Morgan fingerprint density at radius 2 is 2.20 bits per heavy atom. The maximum Gasteiger partial charge on any atom is 0.262 e. The Kier molecular flexibility index (Phi) is 6.08. The van der Waals surface area contributed by atoms with Gasteiger partial charge in [-0.1, -0.05) is 23.8 Å². The van der Waals surface area contributed by atoms with Crippen molar-refractivity contribution in [2.75, 3.05) is 6.54 Å². The van der Waals surface area contributed by atoms with Crippen molar-refractivity contribution >= 4 is 27.5 Å². The van der Waals surface area contributed by atoms with E-state index in [1.807, 2.05) is 0 Å². The first kappa shape index (κ1) is 20.5. The number of amides is 1. The molecule has 2 heterocycles. The summed E-state index contributed by atoms with van der Waals surface area (Å²) in [7, 11) is 0. The van der Waals surface area contributed by atoms with E-state index in [9.17, 15) is 14.0 Å². The maximum absolute atomic E-state index is 13.5. The molecule has 1 aliphatic carbocycles. The van der Waals surface area contributed by atoms with Crippen LogP contribution in [-0.4, -0.2) is 22.0 Å². The van der Waals surface area contributed by atoms with Crippen molar-refractivity contribution in [1.82, 2.24) is 14.9 Å². The summed E-state index contributed by atoms with van der Waals surface area (Å²) in [4.78, 5) is 31.1. The summed E-state index contributed by atoms with van der Waals surface area (Å²) in [6.45, 7) is 2.61. The lowest BCUT2D eigenvalue weighted by Crippen LogP contribution is -2.25. The Morgan fingerprint density at radius 1 is 1.33 bits per heavy atom. The van der Waals surface area contributed by atoms with Gasteiger partial charge in [-0.25, -0.2) is 9.37 Å². The van der Waals surface area contributed by atoms with Crippen LogP contribution in [0.1, 0.15) is 52.9 Å². The van der Waals surface area contributed by atoms with E-state index in [-0.39, 0.29) is 23.8 Å². The molecular weight excluding hydrogens is 401 g/mol. The van der Waals surface area contributed by atoms with Crippen LogP contribution in [0.3, 0.4) is 0 Å². The van der Waals surface area contributed by atoms with Gasteiger partial charge in [-0.2, -0.15) is 0 Å². The van der Waals surface area contributed by atoms with Crippen molar-refractivity contribution in [2.24, 2.45) is 0 Å². The van der Waals surface area contributed by atoms with Gasteiger partial charge in [0.25, 0.3) is 11.5 Å². The SMILES string of the molecule is Cc1c(C(=O)NCCC2=CCCCC2)sc2ncn(Cc3cccc(F)c3)c(=O)c12. The normalized spacial score (nSPS) is 14.0. The maximum atomic E-state index is 13.5. The minimum absolute atomic E-state index is 0.164. The van der Waals surface area contributed by atoms with E-state index in [4.69, 9.17) is 0 Å². The number of fused-ring (bicyclic) bond motifs is 1. The third-order valence-electron chi connectivity index (χ3n) is 5.48. The molecule has 0 aliphatic heterocycles. The van der Waals surface area contributed by atoms with Crippen LogP contribution in [0.25, 0.3) is 10.2 Å². The summed E-state index contributed by atoms with van der Waals surface area (Å²) in [6, 6.07) is 6.15. The Labute approximate surface area is 178 Å². The van der Waals surface area contributed by atoms with E-state index < -0.39 is 0 Å². The monoisotopic (exact) mass is 425 g/mol. The molecule has 2 aromatic heterocycles. The van der Waals surface area contributed by atoms with Crippen molar-refractivity contribution in [3.05, 3.63) is 74.4 Å². The second-order valence-corrected chi connectivity index (χ2v) is 8.66. The van der Waals surface area contributed by atoms with Crippen LogP contribution >= 0.6 is 11.3 Å². The topological polar surface area (TPSA) is 64.0 Å². The fourth-order valence-electron chi connectivity index (χ4n) is 3.87. The third-order valence-corrected chi connectivity index (χ3v) is 6.68. The first-order valence-electron chi connectivity index (χ1n) is 10.2. The lowest BCUT2D eigenvalue weighted by Gasteiger charge is -2.12. The molecule has 1 aromatic carbocycles. The number of carbonyl (C=O) groups excluding carboxylic acids is 1. The summed E-state index contributed by atoms with van der Waals surface area (Å²) < 4.78 is 14.9. The standard InChI is InChI=1S/C23H24FN3O2S/c1-15-19-22(26-14-27(23(19)29)13-17-8-5-9-18(24)12-17)30-20(15)21(28)25-11-10-16-6-3-2-4-7-16/h5-6,8-9,12,14H,2-4,7,10-11,13H2,1H3,(H,25,28). The van der Waals surface area contributed by atoms with E-state index in [1.165, 1.54) is 52.8 Å². The number of hydrogen-bond donors (Lipinski definition) is 1. The number of benzene rings is 1. The fraction of sp³-hybridized carbons (Fsp3) is 0.348. The number of allylic oxidation sites excluding steroid dienone is 1. The molecule has 0 radical (unpaired) electrons. The highest BCUT2D eigenvalue weighted by molar-refractivity contribution is 7.20. The Hall–Kier alpha value is -2.80. The predicted molar refractivity (Wildman–Crippen MR) is 118 cm³/mol. The van der Waals surface area contributed by atoms with Crippen molar-refractivity contribution in [3.63, 3.8) is 0 Å². The molecule has 1 amide bonds. The van der Waals surface area contributed by atoms with Crippen LogP contribution in [0.15, 0.2) is 47.0 Å². The van der Waals surface area contributed by atoms with Gasteiger partial charge in [-0.15, -0.1) is 11.3 Å². The highest BCUT2D eigenvalue weighted by Gasteiger charge is 2.19. The summed E-state index contributed by atoms with van der Waals surface area (Å²) in [6.07, 6.45) is 9.34. The van der Waals surface area contributed by atoms with Crippen molar-refractivity contribution in [1.29, 1.82) is 0 Å². The van der Waals surface area contributed by atoms with Gasteiger partial charge in [0.15, 0.2) is 0 Å². The third kappa shape index (κ3) is 4.36. The Balaban J connectivity index is 1.53. The molecule has 0 unspecified atom stereocenters. The molecule has 0 bridgehead atoms. The van der Waals surface area contributed by atoms with E-state index in [2.05, 4.69) is 16.4 Å². The second kappa shape index (κ2) is 8.92. The summed E-state index contributed by atoms with van der Waals surface area (Å²) >= 11 is 1.24. The number of nitrogens with zero attached hydrogens (tertiary/aromatic N) is 2. The van der Waals surface area contributed by atoms with Gasteiger partial charge < -0.3 is 5.32 Å². The van der Waals surface area contributed by atoms with E-state index in [0.29, 0.717) is 32.8 Å². The number of carbonyl (C=O) groups is 1. The van der Waals surface area contributed by atoms with Crippen LogP contribution in [0.5, 0.6) is 0 Å². The van der Waals surface area contributed by atoms with E-state index >= 15 is 0 Å². The van der Waals surface area contributed by atoms with E-state index in [0.717, 1.165) is 19.3 Å². The smallest absolute Gasteiger partial charge is 0.262 e. The molecule has 4 rings (SSSR count). The molecule has 3 aromatic rings.